The maximum atomic E-state index is 12.0. The van der Waals surface area contributed by atoms with Crippen LogP contribution in [0.25, 0.3) is 0 Å². The van der Waals surface area contributed by atoms with Crippen molar-refractivity contribution in [2.75, 3.05) is 32.1 Å². The van der Waals surface area contributed by atoms with Crippen LogP contribution in [0.4, 0.5) is 5.69 Å². The first-order chi connectivity index (χ1) is 12.0. The molecular formula is C17H22ClN3O4. The van der Waals surface area contributed by atoms with Crippen LogP contribution in [0, 0.1) is 5.92 Å². The summed E-state index contributed by atoms with van der Waals surface area (Å²) in [5.74, 6) is 0.484. The number of rotatable bonds is 6. The van der Waals surface area contributed by atoms with E-state index >= 15 is 0 Å². The van der Waals surface area contributed by atoms with Crippen LogP contribution in [-0.4, -0.2) is 49.7 Å². The number of oxime groups is 1. The van der Waals surface area contributed by atoms with Gasteiger partial charge in [0.2, 0.25) is 0 Å². The van der Waals surface area contributed by atoms with Gasteiger partial charge in [-0.25, -0.2) is 0 Å². The molecule has 1 heterocycles. The van der Waals surface area contributed by atoms with E-state index in [4.69, 9.17) is 21.2 Å². The fourth-order valence-corrected chi connectivity index (χ4v) is 2.64. The highest BCUT2D eigenvalue weighted by Crippen LogP contribution is 2.27. The van der Waals surface area contributed by atoms with Gasteiger partial charge in [0.15, 0.2) is 6.61 Å². The first kappa shape index (κ1) is 19.1. The topological polar surface area (TPSA) is 80.2 Å². The fourth-order valence-electron chi connectivity index (χ4n) is 2.47. The SMILES string of the molecule is COc1ccc(Cl)cc1NC(=O)/C=N\OCC(=O)N1CCC(C)CC1. The molecule has 1 fully saturated rings. The minimum absolute atomic E-state index is 0.124. The van der Waals surface area contributed by atoms with Crippen molar-refractivity contribution in [1.29, 1.82) is 0 Å². The number of nitrogens with one attached hydrogen (secondary N) is 1. The fraction of sp³-hybridized carbons (Fsp3) is 0.471. The van der Waals surface area contributed by atoms with Gasteiger partial charge in [-0.1, -0.05) is 23.7 Å². The molecule has 2 rings (SSSR count). The summed E-state index contributed by atoms with van der Waals surface area (Å²) in [6.07, 6.45) is 2.96. The van der Waals surface area contributed by atoms with E-state index < -0.39 is 5.91 Å². The molecule has 0 spiro atoms. The second-order valence-electron chi connectivity index (χ2n) is 5.91. The van der Waals surface area contributed by atoms with Gasteiger partial charge in [0.1, 0.15) is 12.0 Å². The van der Waals surface area contributed by atoms with Crippen molar-refractivity contribution in [3.05, 3.63) is 23.2 Å². The molecule has 0 unspecified atom stereocenters. The van der Waals surface area contributed by atoms with E-state index in [0.717, 1.165) is 32.1 Å². The van der Waals surface area contributed by atoms with E-state index in [1.807, 2.05) is 0 Å². The lowest BCUT2D eigenvalue weighted by Crippen LogP contribution is -2.39. The van der Waals surface area contributed by atoms with E-state index in [2.05, 4.69) is 17.4 Å². The van der Waals surface area contributed by atoms with Crippen molar-refractivity contribution in [2.24, 2.45) is 11.1 Å². The molecule has 25 heavy (non-hydrogen) atoms. The molecule has 7 nitrogen and oxygen atoms in total. The molecule has 0 saturated carbocycles. The number of halogens is 1. The molecule has 2 amide bonds. The van der Waals surface area contributed by atoms with Crippen LogP contribution >= 0.6 is 11.6 Å². The lowest BCUT2D eigenvalue weighted by Gasteiger charge is -2.29. The summed E-state index contributed by atoms with van der Waals surface area (Å²) < 4.78 is 5.13. The predicted molar refractivity (Wildman–Crippen MR) is 96.1 cm³/mol. The third-order valence-corrected chi connectivity index (χ3v) is 4.22. The molecule has 0 aliphatic carbocycles. The number of methoxy groups -OCH3 is 1. The Balaban J connectivity index is 1.77. The largest absolute Gasteiger partial charge is 0.495 e. The molecule has 0 atom stereocenters. The first-order valence-electron chi connectivity index (χ1n) is 8.07. The number of amides is 2. The molecule has 1 aliphatic heterocycles. The summed E-state index contributed by atoms with van der Waals surface area (Å²) in [4.78, 5) is 30.5. The van der Waals surface area contributed by atoms with Gasteiger partial charge in [-0.3, -0.25) is 9.59 Å². The summed E-state index contributed by atoms with van der Waals surface area (Å²) in [7, 11) is 1.49. The minimum atomic E-state index is -0.514. The molecule has 1 aromatic rings. The van der Waals surface area contributed by atoms with Gasteiger partial charge >= 0.3 is 0 Å². The average Bonchev–Trinajstić information content (AvgIpc) is 2.59. The van der Waals surface area contributed by atoms with Gasteiger partial charge in [0, 0.05) is 18.1 Å². The van der Waals surface area contributed by atoms with Crippen LogP contribution in [0.1, 0.15) is 19.8 Å². The van der Waals surface area contributed by atoms with Crippen molar-refractivity contribution >= 4 is 35.3 Å². The predicted octanol–water partition coefficient (Wildman–Crippen LogP) is 2.55. The standard InChI is InChI=1S/C17H22ClN3O4/c1-12-5-7-21(8-6-12)17(23)11-25-19-10-16(22)20-14-9-13(18)3-4-15(14)24-2/h3-4,9-10,12H,5-8,11H2,1-2H3,(H,20,22)/b19-10-. The quantitative estimate of drug-likeness (QED) is 0.619. The van der Waals surface area contributed by atoms with Crippen LogP contribution in [0.15, 0.2) is 23.4 Å². The highest BCUT2D eigenvalue weighted by atomic mass is 35.5. The second-order valence-corrected chi connectivity index (χ2v) is 6.34. The molecule has 0 radical (unpaired) electrons. The number of carbonyl (C=O) groups excluding carboxylic acids is 2. The third-order valence-electron chi connectivity index (χ3n) is 3.99. The van der Waals surface area contributed by atoms with Crippen LogP contribution in [0.3, 0.4) is 0 Å². The summed E-state index contributed by atoms with van der Waals surface area (Å²) in [5.41, 5.74) is 0.421. The zero-order chi connectivity index (χ0) is 18.2. The van der Waals surface area contributed by atoms with E-state index in [-0.39, 0.29) is 12.5 Å². The van der Waals surface area contributed by atoms with Crippen molar-refractivity contribution in [2.45, 2.75) is 19.8 Å². The number of carbonyl (C=O) groups is 2. The average molecular weight is 368 g/mol. The Morgan fingerprint density at radius 3 is 2.80 bits per heavy atom. The van der Waals surface area contributed by atoms with Crippen molar-refractivity contribution in [3.63, 3.8) is 0 Å². The number of anilines is 1. The van der Waals surface area contributed by atoms with Gasteiger partial charge in [0.25, 0.3) is 11.8 Å². The number of piperidine rings is 1. The van der Waals surface area contributed by atoms with Gasteiger partial charge in [-0.05, 0) is 37.0 Å². The molecule has 0 bridgehead atoms. The number of ether oxygens (including phenoxy) is 1. The molecule has 1 saturated heterocycles. The number of nitrogens with zero attached hydrogens (tertiary/aromatic N) is 2. The Kier molecular flexibility index (Phi) is 7.06. The van der Waals surface area contributed by atoms with Gasteiger partial charge in [-0.2, -0.15) is 0 Å². The highest BCUT2D eigenvalue weighted by molar-refractivity contribution is 6.33. The lowest BCUT2D eigenvalue weighted by molar-refractivity contribution is -0.137. The zero-order valence-corrected chi connectivity index (χ0v) is 15.1. The first-order valence-corrected chi connectivity index (χ1v) is 8.45. The third kappa shape index (κ3) is 5.94. The normalized spacial score (nSPS) is 15.2. The number of hydrogen-bond donors (Lipinski definition) is 1. The summed E-state index contributed by atoms with van der Waals surface area (Å²) in [6.45, 7) is 3.47. The smallest absolute Gasteiger partial charge is 0.270 e. The van der Waals surface area contributed by atoms with Gasteiger partial charge in [0.05, 0.1) is 12.8 Å². The number of benzene rings is 1. The second kappa shape index (κ2) is 9.27. The van der Waals surface area contributed by atoms with Crippen molar-refractivity contribution in [3.8, 4) is 5.75 Å². The Bertz CT molecular complexity index is 643. The highest BCUT2D eigenvalue weighted by Gasteiger charge is 2.20. The summed E-state index contributed by atoms with van der Waals surface area (Å²) in [5, 5.41) is 6.59. The molecule has 8 heteroatoms. The van der Waals surface area contributed by atoms with Crippen LogP contribution in [0.5, 0.6) is 5.75 Å². The molecule has 1 aliphatic rings. The van der Waals surface area contributed by atoms with Crippen molar-refractivity contribution < 1.29 is 19.2 Å². The maximum Gasteiger partial charge on any atom is 0.270 e. The zero-order valence-electron chi connectivity index (χ0n) is 14.3. The Hall–Kier alpha value is -2.28. The molecule has 136 valence electrons. The Labute approximate surface area is 151 Å². The monoisotopic (exact) mass is 367 g/mol. The van der Waals surface area contributed by atoms with E-state index in [9.17, 15) is 9.59 Å². The van der Waals surface area contributed by atoms with Gasteiger partial charge in [-0.15, -0.1) is 0 Å². The molecular weight excluding hydrogens is 346 g/mol. The van der Waals surface area contributed by atoms with Crippen LogP contribution in [0.2, 0.25) is 5.02 Å². The summed E-state index contributed by atoms with van der Waals surface area (Å²) in [6, 6.07) is 4.86. The number of likely N-dealkylation sites (tertiary alicyclic amines) is 1. The lowest BCUT2D eigenvalue weighted by atomic mass is 9.99. The van der Waals surface area contributed by atoms with Crippen LogP contribution in [-0.2, 0) is 14.4 Å². The van der Waals surface area contributed by atoms with Crippen molar-refractivity contribution in [1.82, 2.24) is 4.90 Å². The maximum absolute atomic E-state index is 12.0. The van der Waals surface area contributed by atoms with Gasteiger partial charge < -0.3 is 19.8 Å². The van der Waals surface area contributed by atoms with E-state index in [1.54, 1.807) is 23.1 Å². The summed E-state index contributed by atoms with van der Waals surface area (Å²) >= 11 is 5.89. The Morgan fingerprint density at radius 1 is 1.40 bits per heavy atom. The molecule has 0 aromatic heterocycles. The Morgan fingerprint density at radius 2 is 2.12 bits per heavy atom. The van der Waals surface area contributed by atoms with Crippen LogP contribution < -0.4 is 10.1 Å². The van der Waals surface area contributed by atoms with E-state index in [1.165, 1.54) is 7.11 Å². The molecule has 1 N–H and O–H groups in total. The minimum Gasteiger partial charge on any atom is -0.495 e. The number of hydrogen-bond acceptors (Lipinski definition) is 5. The molecule has 1 aromatic carbocycles. The van der Waals surface area contributed by atoms with E-state index in [0.29, 0.717) is 22.4 Å².